The van der Waals surface area contributed by atoms with Crippen molar-refractivity contribution in [3.8, 4) is 56.4 Å². The number of hydrogen-bond donors (Lipinski definition) is 0. The molecule has 0 atom stereocenters. The highest BCUT2D eigenvalue weighted by Gasteiger charge is 2.30. The van der Waals surface area contributed by atoms with Crippen LogP contribution in [0.1, 0.15) is 18.2 Å². The summed E-state index contributed by atoms with van der Waals surface area (Å²) in [6, 6.07) is 72.7. The molecule has 5 heteroatoms. The van der Waals surface area contributed by atoms with Gasteiger partial charge in [0.05, 0.1) is 11.4 Å². The average Bonchev–Trinajstić information content (AvgIpc) is 3.76. The Morgan fingerprint density at radius 3 is 1.63 bits per heavy atom. The Hall–Kier alpha value is -9.06. The second-order valence-electron chi connectivity index (χ2n) is 17.2. The van der Waals surface area contributed by atoms with Crippen LogP contribution in [0.2, 0.25) is 0 Å². The standard InChI is InChI=1S/C63H42N2O3/c1-3-14-49-54-21-13-22-55(63(54)68-56(49)4-2)65(45-26-23-42(24-27-45)40-15-7-5-8-16-40)48-30-32-51-53-34-35-57-61-52(33-36-58(62(53)61)67-60(51)39-48)50-31-29-47(38-59(50)66-57)64(44-19-9-6-10-20-44)46-28-25-41-17-11-12-18-43(41)37-46/h3-39H,2H2,1H3/b14-3-. The molecule has 0 bridgehead atoms. The summed E-state index contributed by atoms with van der Waals surface area (Å²) >= 11 is 0. The minimum atomic E-state index is 0.734. The van der Waals surface area contributed by atoms with Crippen molar-refractivity contribution in [2.24, 2.45) is 0 Å². The van der Waals surface area contributed by atoms with Crippen molar-refractivity contribution in [1.29, 1.82) is 0 Å². The van der Waals surface area contributed by atoms with Crippen LogP contribution in [-0.4, -0.2) is 0 Å². The van der Waals surface area contributed by atoms with E-state index in [1.165, 1.54) is 10.8 Å². The highest BCUT2D eigenvalue weighted by Crippen LogP contribution is 2.57. The Labute approximate surface area is 394 Å². The highest BCUT2D eigenvalue weighted by molar-refractivity contribution is 6.14. The van der Waals surface area contributed by atoms with Gasteiger partial charge in [-0.3, -0.25) is 0 Å². The third kappa shape index (κ3) is 6.32. The fourth-order valence-corrected chi connectivity index (χ4v) is 10.2. The summed E-state index contributed by atoms with van der Waals surface area (Å²) in [5.74, 6) is 3.91. The third-order valence-electron chi connectivity index (χ3n) is 13.3. The van der Waals surface area contributed by atoms with E-state index in [1.807, 2.05) is 19.1 Å². The van der Waals surface area contributed by atoms with Crippen molar-refractivity contribution in [2.75, 3.05) is 9.80 Å². The van der Waals surface area contributed by atoms with Crippen molar-refractivity contribution >= 4 is 78.8 Å². The van der Waals surface area contributed by atoms with Crippen molar-refractivity contribution in [1.82, 2.24) is 0 Å². The maximum atomic E-state index is 6.96. The van der Waals surface area contributed by atoms with E-state index in [4.69, 9.17) is 13.9 Å². The largest absolute Gasteiger partial charge is 0.456 e. The summed E-state index contributed by atoms with van der Waals surface area (Å²) in [6.45, 7) is 6.10. The lowest BCUT2D eigenvalue weighted by molar-refractivity contribution is 0.480. The Balaban J connectivity index is 0.909. The van der Waals surface area contributed by atoms with Gasteiger partial charge in [-0.25, -0.2) is 0 Å². The first-order valence-electron chi connectivity index (χ1n) is 23.0. The number of anilines is 6. The van der Waals surface area contributed by atoms with Gasteiger partial charge >= 0.3 is 0 Å². The molecule has 0 saturated heterocycles. The van der Waals surface area contributed by atoms with Gasteiger partial charge < -0.3 is 23.7 Å². The van der Waals surface area contributed by atoms with Crippen LogP contribution in [-0.2, 0) is 0 Å². The molecular formula is C63H42N2O3. The average molecular weight is 875 g/mol. The molecule has 0 N–H and O–H groups in total. The second kappa shape index (κ2) is 15.8. The first kappa shape index (κ1) is 39.3. The van der Waals surface area contributed by atoms with Crippen LogP contribution < -0.4 is 19.3 Å². The molecule has 2 aliphatic heterocycles. The zero-order valence-electron chi connectivity index (χ0n) is 37.2. The van der Waals surface area contributed by atoms with E-state index >= 15 is 0 Å². The van der Waals surface area contributed by atoms with E-state index in [2.05, 4.69) is 223 Å². The molecule has 10 aromatic carbocycles. The van der Waals surface area contributed by atoms with E-state index in [-0.39, 0.29) is 0 Å². The van der Waals surface area contributed by atoms with Gasteiger partial charge in [0.25, 0.3) is 0 Å². The van der Waals surface area contributed by atoms with Crippen LogP contribution in [0.15, 0.2) is 223 Å². The number of furan rings is 1. The highest BCUT2D eigenvalue weighted by atomic mass is 16.5. The number of benzene rings is 10. The van der Waals surface area contributed by atoms with Gasteiger partial charge in [-0.15, -0.1) is 0 Å². The number of para-hydroxylation sites is 2. The minimum Gasteiger partial charge on any atom is -0.456 e. The topological polar surface area (TPSA) is 38.1 Å². The molecule has 0 saturated carbocycles. The maximum absolute atomic E-state index is 6.96. The molecule has 322 valence electrons. The molecule has 0 amide bonds. The Morgan fingerprint density at radius 2 is 0.971 bits per heavy atom. The second-order valence-corrected chi connectivity index (χ2v) is 17.2. The smallest absolute Gasteiger partial charge is 0.159 e. The summed E-state index contributed by atoms with van der Waals surface area (Å²) < 4.78 is 20.5. The van der Waals surface area contributed by atoms with Gasteiger partial charge in [0, 0.05) is 67.7 Å². The molecule has 2 aliphatic rings. The summed E-state index contributed by atoms with van der Waals surface area (Å²) in [4.78, 5) is 4.55. The van der Waals surface area contributed by atoms with Crippen LogP contribution >= 0.6 is 0 Å². The lowest BCUT2D eigenvalue weighted by Crippen LogP contribution is -2.11. The molecule has 1 aromatic heterocycles. The van der Waals surface area contributed by atoms with Crippen molar-refractivity contribution in [3.05, 3.63) is 230 Å². The summed E-state index contributed by atoms with van der Waals surface area (Å²) in [5, 5.41) is 5.50. The molecule has 0 radical (unpaired) electrons. The Bertz CT molecular complexity index is 3830. The van der Waals surface area contributed by atoms with Crippen molar-refractivity contribution < 1.29 is 13.9 Å². The molecule has 13 rings (SSSR count). The van der Waals surface area contributed by atoms with E-state index in [1.54, 1.807) is 6.08 Å². The predicted molar refractivity (Wildman–Crippen MR) is 282 cm³/mol. The van der Waals surface area contributed by atoms with E-state index in [0.717, 1.165) is 124 Å². The first-order chi connectivity index (χ1) is 33.6. The van der Waals surface area contributed by atoms with Crippen LogP contribution in [0.5, 0.6) is 23.0 Å². The van der Waals surface area contributed by atoms with Crippen LogP contribution in [0.25, 0.3) is 78.0 Å². The number of allylic oxidation sites excluding steroid dienone is 1. The Morgan fingerprint density at radius 1 is 0.426 bits per heavy atom. The van der Waals surface area contributed by atoms with Gasteiger partial charge in [-0.2, -0.15) is 0 Å². The van der Waals surface area contributed by atoms with Gasteiger partial charge in [0.1, 0.15) is 28.8 Å². The van der Waals surface area contributed by atoms with Gasteiger partial charge in [-0.05, 0) is 137 Å². The number of ether oxygens (including phenoxy) is 2. The molecule has 11 aromatic rings. The van der Waals surface area contributed by atoms with Gasteiger partial charge in [0.2, 0.25) is 0 Å². The third-order valence-corrected chi connectivity index (χ3v) is 13.3. The van der Waals surface area contributed by atoms with Crippen LogP contribution in [0.4, 0.5) is 34.1 Å². The molecule has 0 spiro atoms. The monoisotopic (exact) mass is 874 g/mol. The number of nitrogens with zero attached hydrogens (tertiary/aromatic N) is 2. The minimum absolute atomic E-state index is 0.734. The molecule has 0 unspecified atom stereocenters. The number of hydrogen-bond acceptors (Lipinski definition) is 5. The molecule has 68 heavy (non-hydrogen) atoms. The lowest BCUT2D eigenvalue weighted by Gasteiger charge is -2.30. The van der Waals surface area contributed by atoms with E-state index in [0.29, 0.717) is 0 Å². The van der Waals surface area contributed by atoms with E-state index < -0.39 is 0 Å². The predicted octanol–water partition coefficient (Wildman–Crippen LogP) is 18.6. The normalized spacial score (nSPS) is 12.1. The summed E-state index contributed by atoms with van der Waals surface area (Å²) in [5.41, 5.74) is 14.3. The van der Waals surface area contributed by atoms with Crippen molar-refractivity contribution in [3.63, 3.8) is 0 Å². The lowest BCUT2D eigenvalue weighted by atomic mass is 9.88. The van der Waals surface area contributed by atoms with E-state index in [9.17, 15) is 0 Å². The SMILES string of the molecule is C=Cc1oc2c(N(c3ccc(-c4ccccc4)cc3)c3ccc4c(c3)Oc3ccc5c6c(ccc-4c36)Oc3cc(N(c4ccccc4)c4ccc6ccccc6c4)ccc3-5)cccc2c1/C=C\C. The fraction of sp³-hybridized carbons (Fsp3) is 0.0159. The fourth-order valence-electron chi connectivity index (χ4n) is 10.2. The summed E-state index contributed by atoms with van der Waals surface area (Å²) in [7, 11) is 0. The van der Waals surface area contributed by atoms with Crippen LogP contribution in [0, 0.1) is 0 Å². The van der Waals surface area contributed by atoms with Crippen LogP contribution in [0.3, 0.4) is 0 Å². The Kier molecular flexibility index (Phi) is 9.15. The molecule has 3 heterocycles. The zero-order chi connectivity index (χ0) is 45.3. The molecule has 0 aliphatic carbocycles. The maximum Gasteiger partial charge on any atom is 0.159 e. The van der Waals surface area contributed by atoms with Crippen molar-refractivity contribution in [2.45, 2.75) is 6.92 Å². The number of rotatable bonds is 9. The van der Waals surface area contributed by atoms with Gasteiger partial charge in [-0.1, -0.05) is 122 Å². The molecule has 0 fully saturated rings. The molecule has 5 nitrogen and oxygen atoms in total. The first-order valence-corrected chi connectivity index (χ1v) is 23.0. The molecular weight excluding hydrogens is 833 g/mol. The summed E-state index contributed by atoms with van der Waals surface area (Å²) in [6.07, 6.45) is 5.90. The number of fused-ring (bicyclic) bond motifs is 6. The quantitative estimate of drug-likeness (QED) is 0.144. The van der Waals surface area contributed by atoms with Gasteiger partial charge in [0.15, 0.2) is 5.58 Å². The zero-order valence-corrected chi connectivity index (χ0v) is 37.2.